The van der Waals surface area contributed by atoms with Crippen LogP contribution in [0, 0.1) is 0 Å². The molecule has 2 aliphatic heterocycles. The first-order valence-electron chi connectivity index (χ1n) is 5.84. The minimum Gasteiger partial charge on any atom is -0.364 e. The number of nitrogens with one attached hydrogen (secondary N) is 2. The van der Waals surface area contributed by atoms with Crippen LogP contribution in [0.1, 0.15) is 12.8 Å². The van der Waals surface area contributed by atoms with E-state index in [-0.39, 0.29) is 17.9 Å². The number of amides is 2. The van der Waals surface area contributed by atoms with Crippen LogP contribution >= 0.6 is 0 Å². The fraction of sp³-hybridized carbons (Fsp3) is 0.800. The Morgan fingerprint density at radius 3 is 3.12 bits per heavy atom. The summed E-state index contributed by atoms with van der Waals surface area (Å²) < 4.78 is 5.59. The van der Waals surface area contributed by atoms with Gasteiger partial charge >= 0.3 is 0 Å². The van der Waals surface area contributed by atoms with Crippen molar-refractivity contribution in [3.05, 3.63) is 0 Å². The number of carbonyl (C=O) groups excluding carboxylic acids is 2. The fourth-order valence-corrected chi connectivity index (χ4v) is 2.26. The third kappa shape index (κ3) is 3.15. The molecule has 0 spiro atoms. The second-order valence-electron chi connectivity index (χ2n) is 4.42. The summed E-state index contributed by atoms with van der Waals surface area (Å²) >= 11 is 0. The largest absolute Gasteiger partial charge is 0.364 e. The van der Waals surface area contributed by atoms with Gasteiger partial charge < -0.3 is 10.1 Å². The fourth-order valence-electron chi connectivity index (χ4n) is 2.26. The molecule has 2 unspecified atom stereocenters. The summed E-state index contributed by atoms with van der Waals surface area (Å²) in [6.45, 7) is 2.62. The summed E-state index contributed by atoms with van der Waals surface area (Å²) in [6, 6.07) is 0. The monoisotopic (exact) mass is 242 g/mol. The van der Waals surface area contributed by atoms with Crippen molar-refractivity contribution in [1.29, 1.82) is 0 Å². The van der Waals surface area contributed by atoms with Crippen molar-refractivity contribution in [2.24, 2.45) is 5.84 Å². The van der Waals surface area contributed by atoms with Crippen molar-refractivity contribution in [3.8, 4) is 0 Å². The maximum atomic E-state index is 11.3. The second-order valence-corrected chi connectivity index (χ2v) is 4.42. The lowest BCUT2D eigenvalue weighted by atomic mass is 10.2. The quantitative estimate of drug-likeness (QED) is 0.301. The minimum absolute atomic E-state index is 0.0169. The van der Waals surface area contributed by atoms with Crippen LogP contribution < -0.4 is 16.6 Å². The number of piperazine rings is 1. The zero-order chi connectivity index (χ0) is 12.3. The first-order valence-corrected chi connectivity index (χ1v) is 5.84. The number of hydrogen-bond donors (Lipinski definition) is 3. The highest BCUT2D eigenvalue weighted by Crippen LogP contribution is 2.20. The third-order valence-corrected chi connectivity index (χ3v) is 3.12. The van der Waals surface area contributed by atoms with Crippen molar-refractivity contribution in [2.75, 3.05) is 26.2 Å². The van der Waals surface area contributed by atoms with Gasteiger partial charge in [0.2, 0.25) is 5.91 Å². The van der Waals surface area contributed by atoms with Crippen molar-refractivity contribution < 1.29 is 14.3 Å². The highest BCUT2D eigenvalue weighted by Gasteiger charge is 2.32. The molecule has 2 fully saturated rings. The molecule has 96 valence electrons. The Morgan fingerprint density at radius 1 is 1.59 bits per heavy atom. The van der Waals surface area contributed by atoms with Crippen LogP contribution in [0.15, 0.2) is 0 Å². The van der Waals surface area contributed by atoms with Gasteiger partial charge in [-0.05, 0) is 12.8 Å². The molecule has 0 aromatic rings. The third-order valence-electron chi connectivity index (χ3n) is 3.12. The number of hydrazine groups is 1. The average Bonchev–Trinajstić information content (AvgIpc) is 2.76. The molecule has 17 heavy (non-hydrogen) atoms. The van der Waals surface area contributed by atoms with Crippen LogP contribution in [0.3, 0.4) is 0 Å². The average molecular weight is 242 g/mol. The lowest BCUT2D eigenvalue weighted by molar-refractivity contribution is -0.133. The number of nitrogens with two attached hydrogens (primary N) is 1. The van der Waals surface area contributed by atoms with Crippen molar-refractivity contribution in [2.45, 2.75) is 25.0 Å². The van der Waals surface area contributed by atoms with Crippen LogP contribution in [-0.2, 0) is 14.3 Å². The van der Waals surface area contributed by atoms with E-state index in [4.69, 9.17) is 10.6 Å². The molecule has 2 rings (SSSR count). The molecule has 2 amide bonds. The lowest BCUT2D eigenvalue weighted by Gasteiger charge is -2.28. The zero-order valence-electron chi connectivity index (χ0n) is 9.65. The lowest BCUT2D eigenvalue weighted by Crippen LogP contribution is -2.49. The van der Waals surface area contributed by atoms with Crippen LogP contribution in [0.2, 0.25) is 0 Å². The van der Waals surface area contributed by atoms with Gasteiger partial charge in [0, 0.05) is 19.6 Å². The van der Waals surface area contributed by atoms with Gasteiger partial charge in [-0.15, -0.1) is 0 Å². The van der Waals surface area contributed by atoms with Crippen molar-refractivity contribution in [3.63, 3.8) is 0 Å². The van der Waals surface area contributed by atoms with E-state index >= 15 is 0 Å². The van der Waals surface area contributed by atoms with E-state index in [1.807, 2.05) is 4.90 Å². The van der Waals surface area contributed by atoms with Crippen LogP contribution in [0.5, 0.6) is 0 Å². The smallest absolute Gasteiger partial charge is 0.263 e. The van der Waals surface area contributed by atoms with Crippen molar-refractivity contribution >= 4 is 11.8 Å². The van der Waals surface area contributed by atoms with Gasteiger partial charge in [0.1, 0.15) is 6.10 Å². The van der Waals surface area contributed by atoms with Gasteiger partial charge in [0.05, 0.1) is 12.6 Å². The predicted octanol–water partition coefficient (Wildman–Crippen LogP) is -2.04. The molecule has 0 radical (unpaired) electrons. The number of carbonyl (C=O) groups is 2. The van der Waals surface area contributed by atoms with E-state index in [1.54, 1.807) is 0 Å². The van der Waals surface area contributed by atoms with Gasteiger partial charge in [0.25, 0.3) is 5.91 Å². The van der Waals surface area contributed by atoms with Gasteiger partial charge in [0.15, 0.2) is 0 Å². The summed E-state index contributed by atoms with van der Waals surface area (Å²) in [7, 11) is 0. The molecular formula is C10H18N4O3. The molecule has 0 aliphatic carbocycles. The number of nitrogens with zero attached hydrogens (tertiary/aromatic N) is 1. The second kappa shape index (κ2) is 5.44. The standard InChI is InChI=1S/C10H18N4O3/c11-13-10(16)8-2-1-7(17-8)5-14-4-3-12-9(15)6-14/h7-8H,1-6,11H2,(H,12,15)(H,13,16). The number of rotatable bonds is 3. The Labute approximate surface area is 99.6 Å². The van der Waals surface area contributed by atoms with E-state index < -0.39 is 6.10 Å². The van der Waals surface area contributed by atoms with Crippen LogP contribution in [-0.4, -0.2) is 55.1 Å². The molecule has 2 saturated heterocycles. The summed E-state index contributed by atoms with van der Waals surface area (Å²) in [5.41, 5.74) is 2.10. The molecule has 7 nitrogen and oxygen atoms in total. The molecule has 0 aromatic carbocycles. The Hall–Kier alpha value is -1.18. The van der Waals surface area contributed by atoms with E-state index in [0.717, 1.165) is 13.0 Å². The SMILES string of the molecule is NNC(=O)C1CCC(CN2CCNC(=O)C2)O1. The van der Waals surface area contributed by atoms with Gasteiger partial charge in [-0.2, -0.15) is 0 Å². The Balaban J connectivity index is 1.77. The van der Waals surface area contributed by atoms with E-state index in [1.165, 1.54) is 0 Å². The molecule has 2 heterocycles. The normalized spacial score (nSPS) is 30.1. The Morgan fingerprint density at radius 2 is 2.41 bits per heavy atom. The molecule has 2 atom stereocenters. The van der Waals surface area contributed by atoms with Gasteiger partial charge in [-0.1, -0.05) is 0 Å². The zero-order valence-corrected chi connectivity index (χ0v) is 9.65. The molecule has 2 aliphatic rings. The predicted molar refractivity (Wildman–Crippen MR) is 59.7 cm³/mol. The highest BCUT2D eigenvalue weighted by molar-refractivity contribution is 5.80. The van der Waals surface area contributed by atoms with Crippen molar-refractivity contribution in [1.82, 2.24) is 15.6 Å². The molecule has 7 heteroatoms. The van der Waals surface area contributed by atoms with E-state index in [0.29, 0.717) is 26.1 Å². The molecule has 0 bridgehead atoms. The topological polar surface area (TPSA) is 96.7 Å². The molecular weight excluding hydrogens is 224 g/mol. The summed E-state index contributed by atoms with van der Waals surface area (Å²) in [4.78, 5) is 24.5. The minimum atomic E-state index is -0.441. The Bertz CT molecular complexity index is 310. The first-order chi connectivity index (χ1) is 8.19. The van der Waals surface area contributed by atoms with E-state index in [9.17, 15) is 9.59 Å². The Kier molecular flexibility index (Phi) is 3.93. The van der Waals surface area contributed by atoms with Gasteiger partial charge in [-0.3, -0.25) is 19.9 Å². The maximum Gasteiger partial charge on any atom is 0.263 e. The summed E-state index contributed by atoms with van der Waals surface area (Å²) in [6.07, 6.45) is 1.09. The molecule has 0 saturated carbocycles. The highest BCUT2D eigenvalue weighted by atomic mass is 16.5. The van der Waals surface area contributed by atoms with Gasteiger partial charge in [-0.25, -0.2) is 5.84 Å². The van der Waals surface area contributed by atoms with E-state index in [2.05, 4.69) is 10.7 Å². The summed E-state index contributed by atoms with van der Waals surface area (Å²) in [5, 5.41) is 2.77. The van der Waals surface area contributed by atoms with Crippen LogP contribution in [0.25, 0.3) is 0 Å². The summed E-state index contributed by atoms with van der Waals surface area (Å²) in [5.74, 6) is 4.83. The molecule has 0 aromatic heterocycles. The maximum absolute atomic E-state index is 11.3. The number of hydrogen-bond acceptors (Lipinski definition) is 5. The molecule has 4 N–H and O–H groups in total. The van der Waals surface area contributed by atoms with Crippen LogP contribution in [0.4, 0.5) is 0 Å². The first kappa shape index (κ1) is 12.3. The number of ether oxygens (including phenoxy) is 1.